The van der Waals surface area contributed by atoms with Crippen LogP contribution in [-0.2, 0) is 4.79 Å². The highest BCUT2D eigenvalue weighted by molar-refractivity contribution is 5.99. The molecular weight excluding hydrogens is 266 g/mol. The molecule has 1 aliphatic rings. The second kappa shape index (κ2) is 6.72. The molecular formula is C16H23N3O2. The summed E-state index contributed by atoms with van der Waals surface area (Å²) in [5, 5.41) is 2.89. The van der Waals surface area contributed by atoms with Gasteiger partial charge in [-0.05, 0) is 45.1 Å². The van der Waals surface area contributed by atoms with Crippen LogP contribution < -0.4 is 10.2 Å². The number of amides is 2. The summed E-state index contributed by atoms with van der Waals surface area (Å²) >= 11 is 0. The molecule has 0 saturated carbocycles. The zero-order valence-corrected chi connectivity index (χ0v) is 13.0. The second-order valence-electron chi connectivity index (χ2n) is 5.71. The Morgan fingerprint density at radius 3 is 2.76 bits per heavy atom. The molecule has 2 rings (SSSR count). The zero-order valence-electron chi connectivity index (χ0n) is 13.0. The minimum absolute atomic E-state index is 0.0928. The van der Waals surface area contributed by atoms with Crippen molar-refractivity contribution in [1.29, 1.82) is 0 Å². The van der Waals surface area contributed by atoms with Gasteiger partial charge in [-0.3, -0.25) is 9.59 Å². The molecule has 21 heavy (non-hydrogen) atoms. The van der Waals surface area contributed by atoms with Crippen LogP contribution in [0.25, 0.3) is 0 Å². The third-order valence-electron chi connectivity index (χ3n) is 3.68. The molecule has 1 aromatic rings. The molecule has 0 atom stereocenters. The molecule has 1 N–H and O–H groups in total. The maximum absolute atomic E-state index is 12.2. The number of benzene rings is 1. The van der Waals surface area contributed by atoms with E-state index in [0.717, 1.165) is 30.8 Å². The van der Waals surface area contributed by atoms with Crippen LogP contribution in [0.2, 0.25) is 0 Å². The van der Waals surface area contributed by atoms with Gasteiger partial charge in [0.15, 0.2) is 0 Å². The van der Waals surface area contributed by atoms with Gasteiger partial charge in [-0.1, -0.05) is 6.07 Å². The van der Waals surface area contributed by atoms with Crippen molar-refractivity contribution in [3.8, 4) is 0 Å². The van der Waals surface area contributed by atoms with Crippen molar-refractivity contribution in [3.05, 3.63) is 29.3 Å². The van der Waals surface area contributed by atoms with Crippen molar-refractivity contribution >= 4 is 17.5 Å². The Kier molecular flexibility index (Phi) is 4.96. The fourth-order valence-corrected chi connectivity index (χ4v) is 2.44. The second-order valence-corrected chi connectivity index (χ2v) is 5.71. The van der Waals surface area contributed by atoms with Crippen molar-refractivity contribution < 1.29 is 9.59 Å². The SMILES string of the molecule is Cc1ccc(C(=O)NCCN(C)C)cc1N1CCCC1=O. The van der Waals surface area contributed by atoms with Crippen LogP contribution in [-0.4, -0.2) is 50.4 Å². The lowest BCUT2D eigenvalue weighted by Crippen LogP contribution is -2.31. The molecule has 1 aliphatic heterocycles. The van der Waals surface area contributed by atoms with E-state index >= 15 is 0 Å². The van der Waals surface area contributed by atoms with E-state index in [1.165, 1.54) is 0 Å². The first-order chi connectivity index (χ1) is 9.99. The third-order valence-corrected chi connectivity index (χ3v) is 3.68. The summed E-state index contributed by atoms with van der Waals surface area (Å²) in [5.74, 6) is 0.0491. The van der Waals surface area contributed by atoms with Crippen LogP contribution in [0, 0.1) is 6.92 Å². The van der Waals surface area contributed by atoms with Crippen LogP contribution in [0.15, 0.2) is 18.2 Å². The maximum atomic E-state index is 12.2. The lowest BCUT2D eigenvalue weighted by molar-refractivity contribution is -0.117. The molecule has 0 aliphatic carbocycles. The average Bonchev–Trinajstić information content (AvgIpc) is 2.85. The molecule has 5 heteroatoms. The van der Waals surface area contributed by atoms with Crippen LogP contribution in [0.1, 0.15) is 28.8 Å². The Hall–Kier alpha value is -1.88. The van der Waals surface area contributed by atoms with Crippen LogP contribution >= 0.6 is 0 Å². The topological polar surface area (TPSA) is 52.7 Å². The standard InChI is InChI=1S/C16H23N3O2/c1-12-6-7-13(16(21)17-8-10-18(2)3)11-14(12)19-9-4-5-15(19)20/h6-7,11H,4-5,8-10H2,1-3H3,(H,17,21). The van der Waals surface area contributed by atoms with Crippen LogP contribution in [0.5, 0.6) is 0 Å². The Bertz CT molecular complexity index is 540. The summed E-state index contributed by atoms with van der Waals surface area (Å²) in [6.45, 7) is 4.12. The molecule has 0 unspecified atom stereocenters. The summed E-state index contributed by atoms with van der Waals surface area (Å²) in [7, 11) is 3.93. The predicted octanol–water partition coefficient (Wildman–Crippen LogP) is 1.41. The highest BCUT2D eigenvalue weighted by Crippen LogP contribution is 2.26. The summed E-state index contributed by atoms with van der Waals surface area (Å²) in [6.07, 6.45) is 1.48. The molecule has 1 saturated heterocycles. The summed E-state index contributed by atoms with van der Waals surface area (Å²) in [6, 6.07) is 5.54. The van der Waals surface area contributed by atoms with E-state index in [1.807, 2.05) is 44.1 Å². The normalized spacial score (nSPS) is 14.9. The predicted molar refractivity (Wildman–Crippen MR) is 83.7 cm³/mol. The summed E-state index contributed by atoms with van der Waals surface area (Å²) in [4.78, 5) is 27.8. The first-order valence-corrected chi connectivity index (χ1v) is 7.33. The molecule has 114 valence electrons. The van der Waals surface area contributed by atoms with Gasteiger partial charge in [0.2, 0.25) is 5.91 Å². The number of hydrogen-bond donors (Lipinski definition) is 1. The molecule has 1 heterocycles. The number of nitrogens with zero attached hydrogens (tertiary/aromatic N) is 2. The van der Waals surface area contributed by atoms with Gasteiger partial charge in [-0.2, -0.15) is 0 Å². The minimum atomic E-state index is -0.0928. The molecule has 1 aromatic carbocycles. The van der Waals surface area contributed by atoms with E-state index in [0.29, 0.717) is 18.5 Å². The van der Waals surface area contributed by atoms with Crippen molar-refractivity contribution in [3.63, 3.8) is 0 Å². The minimum Gasteiger partial charge on any atom is -0.351 e. The van der Waals surface area contributed by atoms with Gasteiger partial charge in [-0.25, -0.2) is 0 Å². The van der Waals surface area contributed by atoms with E-state index in [1.54, 1.807) is 4.90 Å². The quantitative estimate of drug-likeness (QED) is 0.892. The van der Waals surface area contributed by atoms with Gasteiger partial charge in [0.25, 0.3) is 5.91 Å². The maximum Gasteiger partial charge on any atom is 0.251 e. The third kappa shape index (κ3) is 3.82. The Labute approximate surface area is 125 Å². The molecule has 5 nitrogen and oxygen atoms in total. The molecule has 0 bridgehead atoms. The highest BCUT2D eigenvalue weighted by Gasteiger charge is 2.23. The van der Waals surface area contributed by atoms with Gasteiger partial charge in [0.05, 0.1) is 0 Å². The first kappa shape index (κ1) is 15.5. The van der Waals surface area contributed by atoms with Gasteiger partial charge in [0, 0.05) is 37.3 Å². The summed E-state index contributed by atoms with van der Waals surface area (Å²) in [5.41, 5.74) is 2.49. The van der Waals surface area contributed by atoms with Crippen LogP contribution in [0.3, 0.4) is 0 Å². The largest absolute Gasteiger partial charge is 0.351 e. The number of nitrogens with one attached hydrogen (secondary N) is 1. The number of anilines is 1. The number of aryl methyl sites for hydroxylation is 1. The first-order valence-electron chi connectivity index (χ1n) is 7.33. The number of carbonyl (C=O) groups excluding carboxylic acids is 2. The number of likely N-dealkylation sites (N-methyl/N-ethyl adjacent to an activating group) is 1. The van der Waals surface area contributed by atoms with Gasteiger partial charge < -0.3 is 15.1 Å². The van der Waals surface area contributed by atoms with Crippen molar-refractivity contribution in [1.82, 2.24) is 10.2 Å². The van der Waals surface area contributed by atoms with Crippen molar-refractivity contribution in [2.75, 3.05) is 38.6 Å². The average molecular weight is 289 g/mol. The Morgan fingerprint density at radius 2 is 2.14 bits per heavy atom. The van der Waals surface area contributed by atoms with E-state index in [4.69, 9.17) is 0 Å². The molecule has 2 amide bonds. The van der Waals surface area contributed by atoms with Crippen molar-refractivity contribution in [2.24, 2.45) is 0 Å². The van der Waals surface area contributed by atoms with Crippen molar-refractivity contribution in [2.45, 2.75) is 19.8 Å². The molecule has 0 aromatic heterocycles. The zero-order chi connectivity index (χ0) is 15.4. The Balaban J connectivity index is 2.11. The molecule has 1 fully saturated rings. The lowest BCUT2D eigenvalue weighted by Gasteiger charge is -2.19. The van der Waals surface area contributed by atoms with Gasteiger partial charge in [-0.15, -0.1) is 0 Å². The fraction of sp³-hybridized carbons (Fsp3) is 0.500. The molecule has 0 spiro atoms. The smallest absolute Gasteiger partial charge is 0.251 e. The number of carbonyl (C=O) groups is 2. The van der Waals surface area contributed by atoms with E-state index in [2.05, 4.69) is 5.32 Å². The fourth-order valence-electron chi connectivity index (χ4n) is 2.44. The van der Waals surface area contributed by atoms with E-state index < -0.39 is 0 Å². The highest BCUT2D eigenvalue weighted by atomic mass is 16.2. The Morgan fingerprint density at radius 1 is 1.38 bits per heavy atom. The number of rotatable bonds is 5. The summed E-state index contributed by atoms with van der Waals surface area (Å²) < 4.78 is 0. The van der Waals surface area contributed by atoms with E-state index in [-0.39, 0.29) is 11.8 Å². The van der Waals surface area contributed by atoms with Gasteiger partial charge in [0.1, 0.15) is 0 Å². The van der Waals surface area contributed by atoms with Crippen LogP contribution in [0.4, 0.5) is 5.69 Å². The van der Waals surface area contributed by atoms with E-state index in [9.17, 15) is 9.59 Å². The monoisotopic (exact) mass is 289 g/mol. The van der Waals surface area contributed by atoms with Gasteiger partial charge >= 0.3 is 0 Å². The molecule has 0 radical (unpaired) electrons. The lowest BCUT2D eigenvalue weighted by atomic mass is 10.1. The number of hydrogen-bond acceptors (Lipinski definition) is 3.